The summed E-state index contributed by atoms with van der Waals surface area (Å²) in [7, 11) is 3.64. The summed E-state index contributed by atoms with van der Waals surface area (Å²) in [4.78, 5) is 37.4. The summed E-state index contributed by atoms with van der Waals surface area (Å²) in [5.74, 6) is 2.32. The van der Waals surface area contributed by atoms with Gasteiger partial charge in [0.05, 0.1) is 24.0 Å². The monoisotopic (exact) mass is 603 g/mol. The van der Waals surface area contributed by atoms with Crippen LogP contribution in [0.25, 0.3) is 44.8 Å². The first-order valence-electron chi connectivity index (χ1n) is 15.8. The standard InChI is InChI=1S/C35H37N7O3/c1-19(43)37-25-10-6-21(7-11-25)26-12-8-22-15-29(41(33(22)38-26)17-20-4-5-20)34-39-27-14-24(16-30(45-3)32(27)40(34)2)35(44)42-18-23-9-13-28(42)31(23)36/h6-8,10-12,14-16,20,23,28,31H,4-5,9,13,17-18,36H2,1-3H3,(H,37,43). The molecule has 4 heterocycles. The first-order valence-corrected chi connectivity index (χ1v) is 15.8. The van der Waals surface area contributed by atoms with Gasteiger partial charge in [0.25, 0.3) is 5.91 Å². The average molecular weight is 604 g/mol. The number of ether oxygens (including phenoxy) is 1. The molecule has 3 aromatic heterocycles. The number of methoxy groups -OCH3 is 1. The van der Waals surface area contributed by atoms with Crippen LogP contribution >= 0.6 is 0 Å². The van der Waals surface area contributed by atoms with Crippen molar-refractivity contribution in [1.82, 2.24) is 24.0 Å². The number of fused-ring (bicyclic) bond motifs is 4. The van der Waals surface area contributed by atoms with Crippen LogP contribution in [0.2, 0.25) is 0 Å². The lowest BCUT2D eigenvalue weighted by molar-refractivity contribution is -0.114. The van der Waals surface area contributed by atoms with Crippen LogP contribution in [0.5, 0.6) is 5.75 Å². The van der Waals surface area contributed by atoms with Crippen molar-refractivity contribution in [3.63, 3.8) is 0 Å². The van der Waals surface area contributed by atoms with E-state index in [1.807, 2.05) is 54.4 Å². The zero-order valence-electron chi connectivity index (χ0n) is 25.8. The van der Waals surface area contributed by atoms with Gasteiger partial charge in [-0.15, -0.1) is 0 Å². The molecule has 0 spiro atoms. The van der Waals surface area contributed by atoms with Crippen LogP contribution in [0.15, 0.2) is 54.6 Å². The van der Waals surface area contributed by atoms with Crippen LogP contribution in [0.3, 0.4) is 0 Å². The van der Waals surface area contributed by atoms with Gasteiger partial charge in [-0.05, 0) is 80.0 Å². The number of carbonyl (C=O) groups excluding carboxylic acids is 2. The molecule has 3 atom stereocenters. The largest absolute Gasteiger partial charge is 0.494 e. The quantitative estimate of drug-likeness (QED) is 0.264. The number of piperidine rings is 1. The third kappa shape index (κ3) is 4.66. The van der Waals surface area contributed by atoms with Crippen LogP contribution in [0, 0.1) is 11.8 Å². The van der Waals surface area contributed by atoms with Gasteiger partial charge in [-0.3, -0.25) is 9.59 Å². The summed E-state index contributed by atoms with van der Waals surface area (Å²) in [6.07, 6.45) is 4.46. The molecule has 3 N–H and O–H groups in total. The van der Waals surface area contributed by atoms with E-state index < -0.39 is 0 Å². The van der Waals surface area contributed by atoms with Gasteiger partial charge in [0.15, 0.2) is 5.82 Å². The zero-order valence-corrected chi connectivity index (χ0v) is 25.8. The van der Waals surface area contributed by atoms with Crippen LogP contribution in [0.1, 0.15) is 43.0 Å². The molecule has 1 saturated heterocycles. The molecule has 45 heavy (non-hydrogen) atoms. The number of hydrogen-bond donors (Lipinski definition) is 2. The maximum Gasteiger partial charge on any atom is 0.254 e. The highest BCUT2D eigenvalue weighted by atomic mass is 16.5. The minimum absolute atomic E-state index is 0.00487. The van der Waals surface area contributed by atoms with E-state index in [4.69, 9.17) is 20.4 Å². The highest BCUT2D eigenvalue weighted by molar-refractivity contribution is 6.00. The van der Waals surface area contributed by atoms with E-state index in [9.17, 15) is 9.59 Å². The van der Waals surface area contributed by atoms with Gasteiger partial charge in [-0.25, -0.2) is 9.97 Å². The Labute approximate surface area is 261 Å². The second-order valence-electron chi connectivity index (χ2n) is 12.9. The van der Waals surface area contributed by atoms with E-state index in [-0.39, 0.29) is 23.9 Å². The first-order chi connectivity index (χ1) is 21.8. The van der Waals surface area contributed by atoms with E-state index in [0.29, 0.717) is 29.7 Å². The topological polar surface area (TPSA) is 120 Å². The molecular weight excluding hydrogens is 566 g/mol. The highest BCUT2D eigenvalue weighted by Crippen LogP contribution is 2.40. The third-order valence-electron chi connectivity index (χ3n) is 9.93. The summed E-state index contributed by atoms with van der Waals surface area (Å²) >= 11 is 0. The predicted molar refractivity (Wildman–Crippen MR) is 174 cm³/mol. The maximum atomic E-state index is 13.7. The average Bonchev–Trinajstić information content (AvgIpc) is 3.44. The van der Waals surface area contributed by atoms with E-state index in [0.717, 1.165) is 69.9 Å². The number of benzene rings is 2. The predicted octanol–water partition coefficient (Wildman–Crippen LogP) is 5.20. The Morgan fingerprint density at radius 2 is 1.82 bits per heavy atom. The number of carbonyl (C=O) groups is 2. The Balaban J connectivity index is 1.20. The van der Waals surface area contributed by atoms with Crippen molar-refractivity contribution in [3.05, 3.63) is 60.2 Å². The van der Waals surface area contributed by atoms with E-state index in [1.165, 1.54) is 19.8 Å². The van der Waals surface area contributed by atoms with E-state index >= 15 is 0 Å². The fourth-order valence-electron chi connectivity index (χ4n) is 7.41. The van der Waals surface area contributed by atoms with Gasteiger partial charge in [-0.2, -0.15) is 0 Å². The van der Waals surface area contributed by atoms with Gasteiger partial charge in [-0.1, -0.05) is 12.1 Å². The second-order valence-corrected chi connectivity index (χ2v) is 12.9. The van der Waals surface area contributed by atoms with Gasteiger partial charge in [0.2, 0.25) is 5.91 Å². The van der Waals surface area contributed by atoms with E-state index in [1.54, 1.807) is 7.11 Å². The normalized spacial score (nSPS) is 20.8. The third-order valence-corrected chi connectivity index (χ3v) is 9.93. The van der Waals surface area contributed by atoms with Crippen LogP contribution in [-0.4, -0.2) is 61.6 Å². The SMILES string of the molecule is COc1cc(C(=O)N2CC3CCC2C3N)cc2nc(-c3cc4ccc(-c5ccc(NC(C)=O)cc5)nc4n3CC3CC3)n(C)c12. The smallest absolute Gasteiger partial charge is 0.254 e. The summed E-state index contributed by atoms with van der Waals surface area (Å²) in [5.41, 5.74) is 13.1. The summed E-state index contributed by atoms with van der Waals surface area (Å²) in [6.45, 7) is 3.08. The zero-order chi connectivity index (χ0) is 31.0. The Hall–Kier alpha value is -4.70. The number of amides is 2. The highest BCUT2D eigenvalue weighted by Gasteiger charge is 2.47. The van der Waals surface area contributed by atoms with Crippen molar-refractivity contribution in [2.75, 3.05) is 19.0 Å². The number of imidazole rings is 1. The van der Waals surface area contributed by atoms with Crippen molar-refractivity contribution in [1.29, 1.82) is 0 Å². The van der Waals surface area contributed by atoms with Crippen molar-refractivity contribution >= 4 is 39.6 Å². The summed E-state index contributed by atoms with van der Waals surface area (Å²) in [5, 5.41) is 3.86. The van der Waals surface area contributed by atoms with Gasteiger partial charge in [0, 0.05) is 61.3 Å². The molecular formula is C35H37N7O3. The first kappa shape index (κ1) is 27.8. The van der Waals surface area contributed by atoms with E-state index in [2.05, 4.69) is 26.6 Å². The van der Waals surface area contributed by atoms with Crippen LogP contribution in [-0.2, 0) is 18.4 Å². The Bertz CT molecular complexity index is 1990. The molecule has 2 bridgehead atoms. The lowest BCUT2D eigenvalue weighted by Gasteiger charge is -2.27. The molecule has 3 fully saturated rings. The number of anilines is 1. The molecule has 3 unspecified atom stereocenters. The number of nitrogens with two attached hydrogens (primary N) is 1. The molecule has 5 aromatic rings. The van der Waals surface area contributed by atoms with Gasteiger partial charge < -0.3 is 29.8 Å². The molecule has 10 nitrogen and oxygen atoms in total. The van der Waals surface area contributed by atoms with Crippen molar-refractivity contribution in [2.24, 2.45) is 24.6 Å². The number of likely N-dealkylation sites (tertiary alicyclic amines) is 1. The molecule has 230 valence electrons. The number of rotatable bonds is 7. The number of pyridine rings is 1. The summed E-state index contributed by atoms with van der Waals surface area (Å²) in [6, 6.07) is 18.0. The molecule has 2 saturated carbocycles. The van der Waals surface area contributed by atoms with Crippen molar-refractivity contribution in [3.8, 4) is 28.5 Å². The Kier molecular flexibility index (Phi) is 6.46. The lowest BCUT2D eigenvalue weighted by atomic mass is 10.1. The van der Waals surface area contributed by atoms with Gasteiger partial charge in [0.1, 0.15) is 16.9 Å². The molecule has 1 aliphatic heterocycles. The second kappa shape index (κ2) is 10.4. The van der Waals surface area contributed by atoms with Crippen molar-refractivity contribution < 1.29 is 14.3 Å². The Morgan fingerprint density at radius 1 is 1.02 bits per heavy atom. The lowest BCUT2D eigenvalue weighted by Crippen LogP contribution is -2.41. The van der Waals surface area contributed by atoms with Crippen molar-refractivity contribution in [2.45, 2.75) is 51.2 Å². The number of aromatic nitrogens is 4. The van der Waals surface area contributed by atoms with Crippen LogP contribution in [0.4, 0.5) is 5.69 Å². The fourth-order valence-corrected chi connectivity index (χ4v) is 7.41. The molecule has 2 aliphatic carbocycles. The number of hydrogen-bond acceptors (Lipinski definition) is 6. The maximum absolute atomic E-state index is 13.7. The molecule has 10 heteroatoms. The molecule has 8 rings (SSSR count). The Morgan fingerprint density at radius 3 is 2.49 bits per heavy atom. The summed E-state index contributed by atoms with van der Waals surface area (Å²) < 4.78 is 10.2. The van der Waals surface area contributed by atoms with Crippen LogP contribution < -0.4 is 15.8 Å². The fraction of sp³-hybridized carbons (Fsp3) is 0.371. The van der Waals surface area contributed by atoms with Gasteiger partial charge >= 0.3 is 0 Å². The minimum atomic E-state index is -0.0988. The molecule has 2 amide bonds. The minimum Gasteiger partial charge on any atom is -0.494 e. The molecule has 0 radical (unpaired) electrons. The number of nitrogens with zero attached hydrogens (tertiary/aromatic N) is 5. The number of nitrogens with one attached hydrogen (secondary N) is 1. The molecule has 3 aliphatic rings. The molecule has 2 aromatic carbocycles. The number of aryl methyl sites for hydroxylation is 1.